The zero-order chi connectivity index (χ0) is 26.2. The summed E-state index contributed by atoms with van der Waals surface area (Å²) >= 11 is 0. The second-order valence-corrected chi connectivity index (χ2v) is 11.1. The highest BCUT2D eigenvalue weighted by molar-refractivity contribution is 5.81. The Morgan fingerprint density at radius 3 is 2.42 bits per heavy atom. The van der Waals surface area contributed by atoms with Gasteiger partial charge in [-0.1, -0.05) is 37.5 Å². The standard InChI is InChI=1S/C30H44N6O2/c1-24(38-27-12-5-4-6-13-27)29(37)35-21-15-26(16-22-35)36-20-10-7-11-25(23-36)32-30-31-17-14-28(33-30)34-18-8-2-3-9-19-34/h4-6,12-14,17,24-26H,2-3,7-11,15-16,18-23H2,1H3,(H,31,32,33). The molecule has 0 saturated carbocycles. The van der Waals surface area contributed by atoms with Crippen LogP contribution in [0.25, 0.3) is 0 Å². The largest absolute Gasteiger partial charge is 0.481 e. The van der Waals surface area contributed by atoms with Crippen LogP contribution in [0.5, 0.6) is 5.75 Å². The lowest BCUT2D eigenvalue weighted by Crippen LogP contribution is -2.51. The molecule has 1 aromatic carbocycles. The van der Waals surface area contributed by atoms with Crippen LogP contribution in [0.2, 0.25) is 0 Å². The number of carbonyl (C=O) groups is 1. The Morgan fingerprint density at radius 2 is 1.66 bits per heavy atom. The van der Waals surface area contributed by atoms with E-state index in [1.54, 1.807) is 0 Å². The molecule has 38 heavy (non-hydrogen) atoms. The summed E-state index contributed by atoms with van der Waals surface area (Å²) in [7, 11) is 0. The van der Waals surface area contributed by atoms with Crippen LogP contribution in [-0.4, -0.2) is 83.1 Å². The lowest BCUT2D eigenvalue weighted by atomic mass is 10.0. The molecular formula is C30H44N6O2. The Morgan fingerprint density at radius 1 is 0.921 bits per heavy atom. The molecule has 3 fully saturated rings. The zero-order valence-electron chi connectivity index (χ0n) is 22.9. The molecule has 0 aliphatic carbocycles. The normalized spacial score (nSPS) is 22.8. The third-order valence-electron chi connectivity index (χ3n) is 8.30. The van der Waals surface area contributed by atoms with Gasteiger partial charge in [0.2, 0.25) is 5.95 Å². The summed E-state index contributed by atoms with van der Waals surface area (Å²) in [5.41, 5.74) is 0. The first-order chi connectivity index (χ1) is 18.7. The summed E-state index contributed by atoms with van der Waals surface area (Å²) in [5, 5.41) is 3.68. The van der Waals surface area contributed by atoms with E-state index in [1.165, 1.54) is 38.5 Å². The first-order valence-corrected chi connectivity index (χ1v) is 14.7. The van der Waals surface area contributed by atoms with Crippen molar-refractivity contribution in [2.24, 2.45) is 0 Å². The number of rotatable bonds is 7. The Bertz CT molecular complexity index is 1000. The zero-order valence-corrected chi connectivity index (χ0v) is 22.9. The molecule has 1 amide bonds. The molecule has 0 radical (unpaired) electrons. The monoisotopic (exact) mass is 520 g/mol. The van der Waals surface area contributed by atoms with E-state index in [-0.39, 0.29) is 5.91 Å². The fraction of sp³-hybridized carbons (Fsp3) is 0.633. The fourth-order valence-corrected chi connectivity index (χ4v) is 6.16. The van der Waals surface area contributed by atoms with Crippen molar-refractivity contribution in [1.82, 2.24) is 19.8 Å². The molecule has 0 bridgehead atoms. The van der Waals surface area contributed by atoms with Gasteiger partial charge in [0.15, 0.2) is 6.10 Å². The lowest BCUT2D eigenvalue weighted by Gasteiger charge is -2.39. The summed E-state index contributed by atoms with van der Waals surface area (Å²) < 4.78 is 5.89. The molecule has 5 rings (SSSR count). The van der Waals surface area contributed by atoms with Gasteiger partial charge in [-0.25, -0.2) is 4.98 Å². The van der Waals surface area contributed by atoms with Crippen LogP contribution in [0.1, 0.15) is 64.7 Å². The van der Waals surface area contributed by atoms with Crippen LogP contribution in [-0.2, 0) is 4.79 Å². The lowest BCUT2D eigenvalue weighted by molar-refractivity contribution is -0.139. The van der Waals surface area contributed by atoms with Gasteiger partial charge < -0.3 is 19.9 Å². The molecule has 3 saturated heterocycles. The fourth-order valence-electron chi connectivity index (χ4n) is 6.16. The molecule has 1 N–H and O–H groups in total. The van der Waals surface area contributed by atoms with Crippen LogP contribution in [0.4, 0.5) is 11.8 Å². The number of nitrogens with zero attached hydrogens (tertiary/aromatic N) is 5. The van der Waals surface area contributed by atoms with E-state index < -0.39 is 6.10 Å². The average molecular weight is 521 g/mol. The van der Waals surface area contributed by atoms with E-state index >= 15 is 0 Å². The number of piperidine rings is 1. The minimum Gasteiger partial charge on any atom is -0.481 e. The molecule has 206 valence electrons. The minimum absolute atomic E-state index is 0.0872. The maximum Gasteiger partial charge on any atom is 0.263 e. The molecule has 2 atom stereocenters. The molecule has 4 heterocycles. The van der Waals surface area contributed by atoms with Crippen LogP contribution in [0, 0.1) is 0 Å². The van der Waals surface area contributed by atoms with Crippen molar-refractivity contribution in [3.63, 3.8) is 0 Å². The molecule has 8 nitrogen and oxygen atoms in total. The van der Waals surface area contributed by atoms with E-state index in [0.717, 1.165) is 76.0 Å². The van der Waals surface area contributed by atoms with Gasteiger partial charge in [-0.05, 0) is 70.2 Å². The van der Waals surface area contributed by atoms with Gasteiger partial charge in [0, 0.05) is 51.0 Å². The predicted molar refractivity (Wildman–Crippen MR) is 152 cm³/mol. The molecule has 8 heteroatoms. The summed E-state index contributed by atoms with van der Waals surface area (Å²) in [5.74, 6) is 2.64. The number of anilines is 2. The van der Waals surface area contributed by atoms with E-state index in [1.807, 2.05) is 48.4 Å². The summed E-state index contributed by atoms with van der Waals surface area (Å²) in [6.07, 6.45) is 12.1. The third-order valence-corrected chi connectivity index (χ3v) is 8.30. The highest BCUT2D eigenvalue weighted by atomic mass is 16.5. The number of nitrogens with one attached hydrogen (secondary N) is 1. The van der Waals surface area contributed by atoms with Gasteiger partial charge in [0.25, 0.3) is 5.91 Å². The van der Waals surface area contributed by atoms with E-state index in [0.29, 0.717) is 12.1 Å². The van der Waals surface area contributed by atoms with Gasteiger partial charge in [-0.15, -0.1) is 0 Å². The maximum atomic E-state index is 13.0. The Hall–Kier alpha value is -2.87. The number of ether oxygens (including phenoxy) is 1. The van der Waals surface area contributed by atoms with Crippen LogP contribution in [0.3, 0.4) is 0 Å². The van der Waals surface area contributed by atoms with Crippen molar-refractivity contribution < 1.29 is 9.53 Å². The van der Waals surface area contributed by atoms with Crippen molar-refractivity contribution in [2.75, 3.05) is 49.5 Å². The summed E-state index contributed by atoms with van der Waals surface area (Å²) in [6.45, 7) is 7.75. The van der Waals surface area contributed by atoms with Gasteiger partial charge in [0.05, 0.1) is 0 Å². The second-order valence-electron chi connectivity index (χ2n) is 11.1. The second kappa shape index (κ2) is 13.3. The number of carbonyl (C=O) groups excluding carboxylic acids is 1. The molecule has 0 spiro atoms. The molecule has 2 unspecified atom stereocenters. The highest BCUT2D eigenvalue weighted by Gasteiger charge is 2.31. The van der Waals surface area contributed by atoms with Gasteiger partial charge >= 0.3 is 0 Å². The Labute approximate surface area is 227 Å². The first kappa shape index (κ1) is 26.7. The average Bonchev–Trinajstić information content (AvgIpc) is 3.37. The number of benzene rings is 1. The number of hydrogen-bond donors (Lipinski definition) is 1. The molecule has 3 aliphatic rings. The third kappa shape index (κ3) is 7.16. The van der Waals surface area contributed by atoms with Crippen molar-refractivity contribution >= 4 is 17.7 Å². The Balaban J connectivity index is 1.13. The van der Waals surface area contributed by atoms with Gasteiger partial charge in [-0.2, -0.15) is 4.98 Å². The topological polar surface area (TPSA) is 73.8 Å². The molecular weight excluding hydrogens is 476 g/mol. The van der Waals surface area contributed by atoms with Crippen LogP contribution < -0.4 is 15.0 Å². The van der Waals surface area contributed by atoms with Crippen molar-refractivity contribution in [2.45, 2.75) is 82.9 Å². The van der Waals surface area contributed by atoms with Gasteiger partial charge in [-0.3, -0.25) is 9.69 Å². The first-order valence-electron chi connectivity index (χ1n) is 14.7. The van der Waals surface area contributed by atoms with E-state index in [4.69, 9.17) is 9.72 Å². The van der Waals surface area contributed by atoms with Crippen molar-refractivity contribution in [3.8, 4) is 5.75 Å². The van der Waals surface area contributed by atoms with Crippen LogP contribution >= 0.6 is 0 Å². The number of aromatic nitrogens is 2. The minimum atomic E-state index is -0.467. The maximum absolute atomic E-state index is 13.0. The van der Waals surface area contributed by atoms with E-state index in [9.17, 15) is 4.79 Å². The number of likely N-dealkylation sites (tertiary alicyclic amines) is 2. The Kier molecular flexibility index (Phi) is 9.33. The molecule has 2 aromatic rings. The smallest absolute Gasteiger partial charge is 0.263 e. The van der Waals surface area contributed by atoms with E-state index in [2.05, 4.69) is 26.2 Å². The quantitative estimate of drug-likeness (QED) is 0.573. The number of hydrogen-bond acceptors (Lipinski definition) is 7. The molecule has 3 aliphatic heterocycles. The highest BCUT2D eigenvalue weighted by Crippen LogP contribution is 2.24. The van der Waals surface area contributed by atoms with Crippen molar-refractivity contribution in [3.05, 3.63) is 42.6 Å². The predicted octanol–water partition coefficient (Wildman–Crippen LogP) is 4.58. The SMILES string of the molecule is CC(Oc1ccccc1)C(=O)N1CCC(N2CCCCC(Nc3nccc(N4CCCCCC4)n3)C2)CC1. The van der Waals surface area contributed by atoms with Crippen LogP contribution in [0.15, 0.2) is 42.6 Å². The molecule has 1 aromatic heterocycles. The summed E-state index contributed by atoms with van der Waals surface area (Å²) in [4.78, 5) is 29.5. The number of para-hydroxylation sites is 1. The summed E-state index contributed by atoms with van der Waals surface area (Å²) in [6, 6.07) is 12.5. The van der Waals surface area contributed by atoms with Crippen molar-refractivity contribution in [1.29, 1.82) is 0 Å². The number of amides is 1. The van der Waals surface area contributed by atoms with Gasteiger partial charge in [0.1, 0.15) is 11.6 Å².